The average molecular weight is 293 g/mol. The lowest BCUT2D eigenvalue weighted by molar-refractivity contribution is -0.142. The Balaban J connectivity index is 2.16. The normalized spacial score (nSPS) is 20.0. The van der Waals surface area contributed by atoms with Crippen molar-refractivity contribution in [1.82, 2.24) is 0 Å². The zero-order chi connectivity index (χ0) is 14.3. The van der Waals surface area contributed by atoms with Crippen molar-refractivity contribution in [3.05, 3.63) is 24.3 Å². The first-order chi connectivity index (χ1) is 8.68. The lowest BCUT2D eigenvalue weighted by atomic mass is 10.2. The molecule has 2 rings (SSSR count). The number of halogens is 3. The van der Waals surface area contributed by atoms with Gasteiger partial charge in [0.25, 0.3) is 0 Å². The minimum Gasteiger partial charge on any atom is -0.330 e. The molecule has 104 valence electrons. The summed E-state index contributed by atoms with van der Waals surface area (Å²) in [5.41, 5.74) is 0.419. The summed E-state index contributed by atoms with van der Waals surface area (Å²) in [6.07, 6.45) is -3.30. The van der Waals surface area contributed by atoms with Crippen molar-refractivity contribution in [2.24, 2.45) is 10.1 Å². The van der Waals surface area contributed by atoms with Crippen molar-refractivity contribution in [3.63, 3.8) is 0 Å². The first-order valence-electron chi connectivity index (χ1n) is 5.17. The quantitative estimate of drug-likeness (QED) is 0.887. The number of benzene rings is 1. The molecule has 0 bridgehead atoms. The Hall–Kier alpha value is -1.61. The number of nitrogens with zero attached hydrogens (tertiary/aromatic N) is 2. The molecule has 0 aromatic heterocycles. The molecule has 1 atom stereocenters. The Kier molecular flexibility index (Phi) is 3.27. The van der Waals surface area contributed by atoms with Gasteiger partial charge in [0.15, 0.2) is 6.04 Å². The molecule has 1 aromatic carbocycles. The summed E-state index contributed by atoms with van der Waals surface area (Å²) in [5.74, 6) is 0. The third-order valence-electron chi connectivity index (χ3n) is 2.63. The van der Waals surface area contributed by atoms with Crippen LogP contribution in [-0.4, -0.2) is 33.5 Å². The highest BCUT2D eigenvalue weighted by Crippen LogP contribution is 2.28. The summed E-state index contributed by atoms with van der Waals surface area (Å²) in [7, 11) is -3.81. The highest BCUT2D eigenvalue weighted by molar-refractivity contribution is 7.89. The summed E-state index contributed by atoms with van der Waals surface area (Å²) >= 11 is 0. The van der Waals surface area contributed by atoms with Gasteiger partial charge in [-0.25, -0.2) is 13.6 Å². The zero-order valence-electron chi connectivity index (χ0n) is 9.50. The largest absolute Gasteiger partial charge is 0.412 e. The van der Waals surface area contributed by atoms with Gasteiger partial charge in [0.2, 0.25) is 10.0 Å². The number of hydrogen-bond acceptors (Lipinski definition) is 4. The minimum atomic E-state index is -4.38. The summed E-state index contributed by atoms with van der Waals surface area (Å²) in [5, 5.41) is 4.92. The van der Waals surface area contributed by atoms with Crippen molar-refractivity contribution >= 4 is 22.0 Å². The molecule has 1 heterocycles. The van der Waals surface area contributed by atoms with E-state index >= 15 is 0 Å². The second-order valence-electron chi connectivity index (χ2n) is 4.01. The number of anilines is 1. The Bertz CT molecular complexity index is 595. The average Bonchev–Trinajstić information content (AvgIpc) is 2.77. The molecular weight excluding hydrogens is 283 g/mol. The van der Waals surface area contributed by atoms with E-state index in [0.29, 0.717) is 5.69 Å². The first-order valence-corrected chi connectivity index (χ1v) is 6.72. The number of primary sulfonamides is 1. The van der Waals surface area contributed by atoms with Gasteiger partial charge in [-0.2, -0.15) is 13.2 Å². The molecule has 0 radical (unpaired) electrons. The van der Waals surface area contributed by atoms with E-state index in [9.17, 15) is 21.6 Å². The van der Waals surface area contributed by atoms with Crippen molar-refractivity contribution in [2.45, 2.75) is 17.1 Å². The van der Waals surface area contributed by atoms with Crippen LogP contribution in [0, 0.1) is 0 Å². The maximum absolute atomic E-state index is 12.4. The van der Waals surface area contributed by atoms with Gasteiger partial charge in [-0.05, 0) is 24.3 Å². The number of aliphatic imine (C=N–C) groups is 1. The molecule has 0 spiro atoms. The lowest BCUT2D eigenvalue weighted by Gasteiger charge is -2.17. The summed E-state index contributed by atoms with van der Waals surface area (Å²) in [6.45, 7) is -0.321. The van der Waals surface area contributed by atoms with E-state index in [1.54, 1.807) is 0 Å². The Morgan fingerprint density at radius 2 is 1.84 bits per heavy atom. The van der Waals surface area contributed by atoms with E-state index in [1.165, 1.54) is 29.2 Å². The van der Waals surface area contributed by atoms with E-state index in [-0.39, 0.29) is 11.4 Å². The molecule has 0 saturated heterocycles. The predicted molar refractivity (Wildman–Crippen MR) is 63.5 cm³/mol. The maximum atomic E-state index is 12.4. The topological polar surface area (TPSA) is 75.8 Å². The Labute approximate surface area is 107 Å². The Morgan fingerprint density at radius 1 is 1.26 bits per heavy atom. The van der Waals surface area contributed by atoms with Crippen molar-refractivity contribution in [2.75, 3.05) is 11.4 Å². The third-order valence-corrected chi connectivity index (χ3v) is 3.56. The number of alkyl halides is 3. The van der Waals surface area contributed by atoms with E-state index in [4.69, 9.17) is 5.14 Å². The molecule has 1 aliphatic rings. The van der Waals surface area contributed by atoms with Gasteiger partial charge in [0, 0.05) is 5.69 Å². The van der Waals surface area contributed by atoms with Crippen LogP contribution in [0.4, 0.5) is 18.9 Å². The highest BCUT2D eigenvalue weighted by Gasteiger charge is 2.42. The molecule has 0 saturated carbocycles. The predicted octanol–water partition coefficient (Wildman–Crippen LogP) is 1.11. The molecular formula is C10H10F3N3O2S. The van der Waals surface area contributed by atoms with Gasteiger partial charge in [-0.15, -0.1) is 0 Å². The minimum absolute atomic E-state index is 0.0974. The molecule has 2 N–H and O–H groups in total. The van der Waals surface area contributed by atoms with Gasteiger partial charge < -0.3 is 4.90 Å². The SMILES string of the molecule is NS(=O)(=O)c1ccc(N2C=NC(C(F)(F)F)C2)cc1. The van der Waals surface area contributed by atoms with E-state index in [2.05, 4.69) is 4.99 Å². The van der Waals surface area contributed by atoms with E-state index in [0.717, 1.165) is 6.34 Å². The summed E-state index contributed by atoms with van der Waals surface area (Å²) in [4.78, 5) is 4.57. The van der Waals surface area contributed by atoms with Crippen LogP contribution in [0.1, 0.15) is 0 Å². The molecule has 1 unspecified atom stereocenters. The monoisotopic (exact) mass is 293 g/mol. The van der Waals surface area contributed by atoms with Gasteiger partial charge in [0.1, 0.15) is 0 Å². The fraction of sp³-hybridized carbons (Fsp3) is 0.300. The van der Waals surface area contributed by atoms with Crippen LogP contribution < -0.4 is 10.0 Å². The molecule has 19 heavy (non-hydrogen) atoms. The molecule has 9 heteroatoms. The van der Waals surface area contributed by atoms with Crippen molar-refractivity contribution in [1.29, 1.82) is 0 Å². The fourth-order valence-electron chi connectivity index (χ4n) is 1.63. The number of nitrogens with two attached hydrogens (primary N) is 1. The molecule has 0 aliphatic carbocycles. The smallest absolute Gasteiger partial charge is 0.330 e. The van der Waals surface area contributed by atoms with E-state index < -0.39 is 22.2 Å². The van der Waals surface area contributed by atoms with Gasteiger partial charge >= 0.3 is 6.18 Å². The van der Waals surface area contributed by atoms with Crippen LogP contribution in [0.3, 0.4) is 0 Å². The molecule has 1 aliphatic heterocycles. The van der Waals surface area contributed by atoms with E-state index in [1.807, 2.05) is 0 Å². The number of sulfonamides is 1. The number of rotatable bonds is 2. The van der Waals surface area contributed by atoms with Crippen LogP contribution >= 0.6 is 0 Å². The van der Waals surface area contributed by atoms with Crippen LogP contribution in [0.5, 0.6) is 0 Å². The fourth-order valence-corrected chi connectivity index (χ4v) is 2.14. The van der Waals surface area contributed by atoms with Crippen LogP contribution in [0.2, 0.25) is 0 Å². The van der Waals surface area contributed by atoms with Gasteiger partial charge in [-0.1, -0.05) is 0 Å². The van der Waals surface area contributed by atoms with Gasteiger partial charge in [0.05, 0.1) is 17.8 Å². The summed E-state index contributed by atoms with van der Waals surface area (Å²) in [6, 6.07) is 3.47. The summed E-state index contributed by atoms with van der Waals surface area (Å²) < 4.78 is 59.4. The molecule has 0 amide bonds. The van der Waals surface area contributed by atoms with Crippen LogP contribution in [-0.2, 0) is 10.0 Å². The molecule has 5 nitrogen and oxygen atoms in total. The third kappa shape index (κ3) is 3.04. The first kappa shape index (κ1) is 13.8. The second kappa shape index (κ2) is 4.49. The maximum Gasteiger partial charge on any atom is 0.412 e. The molecule has 0 fully saturated rings. The van der Waals surface area contributed by atoms with Crippen molar-refractivity contribution < 1.29 is 21.6 Å². The highest BCUT2D eigenvalue weighted by atomic mass is 32.2. The van der Waals surface area contributed by atoms with Crippen LogP contribution in [0.25, 0.3) is 0 Å². The lowest BCUT2D eigenvalue weighted by Crippen LogP contribution is -2.33. The second-order valence-corrected chi connectivity index (χ2v) is 5.57. The zero-order valence-corrected chi connectivity index (χ0v) is 10.3. The standard InChI is InChI=1S/C10H10F3N3O2S/c11-10(12,13)9-5-16(6-15-9)7-1-3-8(4-2-7)19(14,17)18/h1-4,6,9H,5H2,(H2,14,17,18). The molecule has 1 aromatic rings. The Morgan fingerprint density at radius 3 is 2.26 bits per heavy atom. The van der Waals surface area contributed by atoms with Gasteiger partial charge in [-0.3, -0.25) is 4.99 Å². The van der Waals surface area contributed by atoms with Crippen LogP contribution in [0.15, 0.2) is 34.2 Å². The van der Waals surface area contributed by atoms with Crippen molar-refractivity contribution in [3.8, 4) is 0 Å². The number of hydrogen-bond donors (Lipinski definition) is 1.